The van der Waals surface area contributed by atoms with Gasteiger partial charge in [-0.1, -0.05) is 0 Å². The van der Waals surface area contributed by atoms with E-state index in [0.29, 0.717) is 52.9 Å². The van der Waals surface area contributed by atoms with Gasteiger partial charge in [-0.15, -0.1) is 0 Å². The highest BCUT2D eigenvalue weighted by Gasteiger charge is 2.13. The predicted octanol–water partition coefficient (Wildman–Crippen LogP) is 1.62. The van der Waals surface area contributed by atoms with E-state index in [9.17, 15) is 0 Å². The van der Waals surface area contributed by atoms with Crippen LogP contribution in [0.25, 0.3) is 0 Å². The minimum atomic E-state index is -0.0348. The Morgan fingerprint density at radius 2 is 1.33 bits per heavy atom. The molecule has 0 saturated carbocycles. The van der Waals surface area contributed by atoms with Gasteiger partial charge in [-0.2, -0.15) is 0 Å². The van der Waals surface area contributed by atoms with Gasteiger partial charge in [0.15, 0.2) is 6.29 Å². The molecule has 126 valence electrons. The molecule has 1 aliphatic heterocycles. The van der Waals surface area contributed by atoms with Crippen molar-refractivity contribution in [2.45, 2.75) is 32.5 Å². The van der Waals surface area contributed by atoms with Crippen molar-refractivity contribution >= 4 is 0 Å². The van der Waals surface area contributed by atoms with Gasteiger partial charge in [0.2, 0.25) is 0 Å². The van der Waals surface area contributed by atoms with E-state index < -0.39 is 0 Å². The second-order valence-electron chi connectivity index (χ2n) is 4.70. The van der Waals surface area contributed by atoms with Crippen LogP contribution in [0.5, 0.6) is 0 Å². The molecule has 0 amide bonds. The van der Waals surface area contributed by atoms with Gasteiger partial charge in [-0.3, -0.25) is 0 Å². The third-order valence-electron chi connectivity index (χ3n) is 2.99. The lowest BCUT2D eigenvalue weighted by atomic mass is 10.2. The van der Waals surface area contributed by atoms with Gasteiger partial charge in [0.1, 0.15) is 0 Å². The van der Waals surface area contributed by atoms with Gasteiger partial charge in [0.05, 0.1) is 52.9 Å². The molecular weight excluding hydrogens is 276 g/mol. The first-order chi connectivity index (χ1) is 10.4. The van der Waals surface area contributed by atoms with E-state index in [0.717, 1.165) is 26.1 Å². The zero-order valence-corrected chi connectivity index (χ0v) is 13.2. The minimum absolute atomic E-state index is 0.0348. The fourth-order valence-corrected chi connectivity index (χ4v) is 1.89. The van der Waals surface area contributed by atoms with Gasteiger partial charge in [-0.25, -0.2) is 0 Å². The maximum absolute atomic E-state index is 5.55. The topological polar surface area (TPSA) is 55.4 Å². The summed E-state index contributed by atoms with van der Waals surface area (Å²) in [7, 11) is 0. The first kappa shape index (κ1) is 18.8. The Labute approximate surface area is 128 Å². The molecule has 0 aromatic heterocycles. The summed E-state index contributed by atoms with van der Waals surface area (Å²) >= 11 is 0. The maximum Gasteiger partial charge on any atom is 0.157 e. The molecule has 0 bridgehead atoms. The van der Waals surface area contributed by atoms with Gasteiger partial charge < -0.3 is 28.4 Å². The average molecular weight is 306 g/mol. The SMILES string of the molecule is CCOCCOCCOCCOCCOC1CCCCO1. The highest BCUT2D eigenvalue weighted by molar-refractivity contribution is 4.53. The van der Waals surface area contributed by atoms with Crippen molar-refractivity contribution < 1.29 is 28.4 Å². The van der Waals surface area contributed by atoms with Crippen LogP contribution >= 0.6 is 0 Å². The van der Waals surface area contributed by atoms with Crippen LogP contribution < -0.4 is 0 Å². The van der Waals surface area contributed by atoms with Crippen LogP contribution in [0.1, 0.15) is 26.2 Å². The molecular formula is C15H30O6. The Morgan fingerprint density at radius 1 is 0.762 bits per heavy atom. The molecule has 1 atom stereocenters. The summed E-state index contributed by atoms with van der Waals surface area (Å²) < 4.78 is 32.3. The van der Waals surface area contributed by atoms with Crippen molar-refractivity contribution in [2.24, 2.45) is 0 Å². The fraction of sp³-hybridized carbons (Fsp3) is 1.00. The second-order valence-corrected chi connectivity index (χ2v) is 4.70. The van der Waals surface area contributed by atoms with Crippen LogP contribution in [0.4, 0.5) is 0 Å². The van der Waals surface area contributed by atoms with Crippen molar-refractivity contribution in [1.82, 2.24) is 0 Å². The lowest BCUT2D eigenvalue weighted by molar-refractivity contribution is -0.169. The van der Waals surface area contributed by atoms with Gasteiger partial charge >= 0.3 is 0 Å². The number of hydrogen-bond donors (Lipinski definition) is 0. The first-order valence-corrected chi connectivity index (χ1v) is 7.97. The quantitative estimate of drug-likeness (QED) is 0.455. The van der Waals surface area contributed by atoms with Crippen LogP contribution in [-0.2, 0) is 28.4 Å². The third kappa shape index (κ3) is 12.0. The van der Waals surface area contributed by atoms with Crippen LogP contribution in [0, 0.1) is 0 Å². The van der Waals surface area contributed by atoms with Gasteiger partial charge in [0.25, 0.3) is 0 Å². The van der Waals surface area contributed by atoms with E-state index in [1.165, 1.54) is 6.42 Å². The molecule has 0 aromatic rings. The van der Waals surface area contributed by atoms with Gasteiger partial charge in [0, 0.05) is 13.2 Å². The van der Waals surface area contributed by atoms with Crippen molar-refractivity contribution in [3.8, 4) is 0 Å². The fourth-order valence-electron chi connectivity index (χ4n) is 1.89. The molecule has 1 aliphatic rings. The highest BCUT2D eigenvalue weighted by Crippen LogP contribution is 2.13. The Bertz CT molecular complexity index is 208. The zero-order valence-electron chi connectivity index (χ0n) is 13.2. The molecule has 0 N–H and O–H groups in total. The summed E-state index contributed by atoms with van der Waals surface area (Å²) in [5.41, 5.74) is 0. The molecule has 0 aromatic carbocycles. The Hall–Kier alpha value is -0.240. The summed E-state index contributed by atoms with van der Waals surface area (Å²) in [5.74, 6) is 0. The molecule has 1 heterocycles. The van der Waals surface area contributed by atoms with E-state index >= 15 is 0 Å². The second kappa shape index (κ2) is 14.7. The summed E-state index contributed by atoms with van der Waals surface area (Å²) in [6, 6.07) is 0. The van der Waals surface area contributed by atoms with Crippen molar-refractivity contribution in [1.29, 1.82) is 0 Å². The van der Waals surface area contributed by atoms with Crippen molar-refractivity contribution in [3.63, 3.8) is 0 Å². The molecule has 1 saturated heterocycles. The largest absolute Gasteiger partial charge is 0.379 e. The first-order valence-electron chi connectivity index (χ1n) is 7.97. The summed E-state index contributed by atoms with van der Waals surface area (Å²) in [5, 5.41) is 0. The molecule has 0 aliphatic carbocycles. The van der Waals surface area contributed by atoms with E-state index in [4.69, 9.17) is 28.4 Å². The Balaban J connectivity index is 1.69. The molecule has 21 heavy (non-hydrogen) atoms. The summed E-state index contributed by atoms with van der Waals surface area (Å²) in [6.45, 7) is 8.26. The normalized spacial score (nSPS) is 19.0. The standard InChI is InChI=1S/C15H30O6/c1-2-16-7-8-17-9-10-18-11-12-19-13-14-21-15-5-3-4-6-20-15/h15H,2-14H2,1H3. The van der Waals surface area contributed by atoms with E-state index in [1.54, 1.807) is 0 Å². The molecule has 1 unspecified atom stereocenters. The van der Waals surface area contributed by atoms with Crippen molar-refractivity contribution in [3.05, 3.63) is 0 Å². The van der Waals surface area contributed by atoms with Gasteiger partial charge in [-0.05, 0) is 26.2 Å². The highest BCUT2D eigenvalue weighted by atomic mass is 16.7. The Kier molecular flexibility index (Phi) is 13.2. The third-order valence-corrected chi connectivity index (χ3v) is 2.99. The minimum Gasteiger partial charge on any atom is -0.379 e. The van der Waals surface area contributed by atoms with Crippen LogP contribution in [0.2, 0.25) is 0 Å². The lowest BCUT2D eigenvalue weighted by Crippen LogP contribution is -2.24. The molecule has 6 heteroatoms. The zero-order chi connectivity index (χ0) is 15.0. The predicted molar refractivity (Wildman–Crippen MR) is 78.5 cm³/mol. The number of hydrogen-bond acceptors (Lipinski definition) is 6. The van der Waals surface area contributed by atoms with Crippen LogP contribution in [-0.4, -0.2) is 72.4 Å². The maximum atomic E-state index is 5.55. The average Bonchev–Trinajstić information content (AvgIpc) is 2.53. The number of ether oxygens (including phenoxy) is 6. The van der Waals surface area contributed by atoms with Crippen LogP contribution in [0.15, 0.2) is 0 Å². The summed E-state index contributed by atoms with van der Waals surface area (Å²) in [6.07, 6.45) is 3.29. The van der Waals surface area contributed by atoms with E-state index in [-0.39, 0.29) is 6.29 Å². The Morgan fingerprint density at radius 3 is 1.86 bits per heavy atom. The molecule has 6 nitrogen and oxygen atoms in total. The molecule has 0 radical (unpaired) electrons. The smallest absolute Gasteiger partial charge is 0.157 e. The lowest BCUT2D eigenvalue weighted by Gasteiger charge is -2.22. The molecule has 0 spiro atoms. The molecule has 1 rings (SSSR count). The summed E-state index contributed by atoms with van der Waals surface area (Å²) in [4.78, 5) is 0. The van der Waals surface area contributed by atoms with Crippen LogP contribution in [0.3, 0.4) is 0 Å². The molecule has 1 fully saturated rings. The number of rotatable bonds is 14. The van der Waals surface area contributed by atoms with E-state index in [2.05, 4.69) is 0 Å². The van der Waals surface area contributed by atoms with E-state index in [1.807, 2.05) is 6.92 Å². The van der Waals surface area contributed by atoms with Crippen molar-refractivity contribution in [2.75, 3.05) is 66.1 Å². The monoisotopic (exact) mass is 306 g/mol.